The maximum absolute atomic E-state index is 10.5. The van der Waals surface area contributed by atoms with Gasteiger partial charge in [0.05, 0.1) is 18.0 Å². The minimum absolute atomic E-state index is 0.0161. The maximum Gasteiger partial charge on any atom is 0.313 e. The van der Waals surface area contributed by atoms with Crippen molar-refractivity contribution in [3.63, 3.8) is 0 Å². The van der Waals surface area contributed by atoms with E-state index in [1.54, 1.807) is 0 Å². The Morgan fingerprint density at radius 3 is 2.65 bits per heavy atom. The van der Waals surface area contributed by atoms with Crippen molar-refractivity contribution in [1.82, 2.24) is 0 Å². The quantitative estimate of drug-likeness (QED) is 0.290. The van der Waals surface area contributed by atoms with Gasteiger partial charge < -0.3 is 15.3 Å². The molecule has 0 radical (unpaired) electrons. The Kier molecular flexibility index (Phi) is 9.82. The number of aliphatic hydroxyl groups excluding tert-OH is 2. The van der Waals surface area contributed by atoms with Gasteiger partial charge in [-0.3, -0.25) is 4.79 Å². The first-order valence-electron chi connectivity index (χ1n) is 9.97. The highest BCUT2D eigenvalue weighted by Crippen LogP contribution is 2.40. The molecule has 2 saturated carbocycles. The van der Waals surface area contributed by atoms with Gasteiger partial charge in [-0.2, -0.15) is 11.8 Å². The molecule has 0 aromatic rings. The number of alkyl halides is 1. The van der Waals surface area contributed by atoms with Crippen LogP contribution in [0.2, 0.25) is 0 Å². The fraction of sp³-hybridized carbons (Fsp3) is 0.850. The second-order valence-corrected chi connectivity index (χ2v) is 9.44. The van der Waals surface area contributed by atoms with Gasteiger partial charge >= 0.3 is 5.97 Å². The third kappa shape index (κ3) is 7.06. The minimum atomic E-state index is -0.767. The molecule has 0 aromatic carbocycles. The van der Waals surface area contributed by atoms with Crippen molar-refractivity contribution in [2.75, 3.05) is 11.5 Å². The summed E-state index contributed by atoms with van der Waals surface area (Å²) in [5.74, 6) is 0.833. The number of halogens is 1. The summed E-state index contributed by atoms with van der Waals surface area (Å²) in [7, 11) is 0. The summed E-state index contributed by atoms with van der Waals surface area (Å²) in [5, 5.41) is 29.4. The normalized spacial score (nSPS) is 31.5. The molecule has 0 spiro atoms. The average Bonchev–Trinajstić information content (AvgIpc) is 2.89. The van der Waals surface area contributed by atoms with Crippen LogP contribution in [-0.2, 0) is 4.79 Å². The highest BCUT2D eigenvalue weighted by atomic mass is 35.5. The average molecular weight is 405 g/mol. The van der Waals surface area contributed by atoms with E-state index in [4.69, 9.17) is 16.7 Å². The van der Waals surface area contributed by atoms with E-state index in [2.05, 4.69) is 0 Å². The number of unbranched alkanes of at least 4 members (excludes halogenated alkanes) is 1. The molecule has 2 fully saturated rings. The van der Waals surface area contributed by atoms with E-state index in [-0.39, 0.29) is 23.0 Å². The molecule has 0 amide bonds. The predicted molar refractivity (Wildman–Crippen MR) is 108 cm³/mol. The zero-order valence-electron chi connectivity index (χ0n) is 15.4. The lowest BCUT2D eigenvalue weighted by atomic mass is 9.84. The van der Waals surface area contributed by atoms with Crippen molar-refractivity contribution in [3.8, 4) is 0 Å². The largest absolute Gasteiger partial charge is 0.481 e. The van der Waals surface area contributed by atoms with Crippen LogP contribution in [0.4, 0.5) is 0 Å². The highest BCUT2D eigenvalue weighted by molar-refractivity contribution is 7.99. The van der Waals surface area contributed by atoms with Crippen LogP contribution < -0.4 is 0 Å². The van der Waals surface area contributed by atoms with Gasteiger partial charge in [-0.15, -0.1) is 11.6 Å². The van der Waals surface area contributed by atoms with Crippen molar-refractivity contribution in [3.05, 3.63) is 12.2 Å². The standard InChI is InChI=1S/C20H33ClO4S/c21-17-12-19(23)16(9-10-18(22)14-6-2-1-3-7-14)15(17)8-4-5-11-26-13-20(24)25/h9-10,14-19,22-23H,1-8,11-13H2,(H,24,25)/t15?,16-,17-,18-,19-/m1/s1. The van der Waals surface area contributed by atoms with Gasteiger partial charge in [0.15, 0.2) is 0 Å². The molecule has 0 bridgehead atoms. The number of hydrogen-bond acceptors (Lipinski definition) is 4. The molecule has 2 aliphatic rings. The van der Waals surface area contributed by atoms with Gasteiger partial charge in [-0.1, -0.05) is 37.8 Å². The number of carboxylic acids is 1. The van der Waals surface area contributed by atoms with Crippen molar-refractivity contribution in [2.45, 2.75) is 75.4 Å². The molecule has 3 N–H and O–H groups in total. The molecule has 0 aliphatic heterocycles. The summed E-state index contributed by atoms with van der Waals surface area (Å²) in [5.41, 5.74) is 0. The highest BCUT2D eigenvalue weighted by Gasteiger charge is 2.39. The van der Waals surface area contributed by atoms with E-state index in [0.29, 0.717) is 12.3 Å². The first-order chi connectivity index (χ1) is 12.5. The van der Waals surface area contributed by atoms with E-state index in [1.807, 2.05) is 12.2 Å². The van der Waals surface area contributed by atoms with E-state index in [0.717, 1.165) is 37.9 Å². The second-order valence-electron chi connectivity index (χ2n) is 7.78. The number of hydrogen-bond donors (Lipinski definition) is 3. The minimum Gasteiger partial charge on any atom is -0.481 e. The van der Waals surface area contributed by atoms with Crippen molar-refractivity contribution in [2.24, 2.45) is 17.8 Å². The third-order valence-electron chi connectivity index (χ3n) is 5.83. The predicted octanol–water partition coefficient (Wildman–Crippen LogP) is 4.08. The lowest BCUT2D eigenvalue weighted by Crippen LogP contribution is -2.23. The van der Waals surface area contributed by atoms with Gasteiger partial charge in [0.25, 0.3) is 0 Å². The van der Waals surface area contributed by atoms with E-state index >= 15 is 0 Å². The molecule has 26 heavy (non-hydrogen) atoms. The summed E-state index contributed by atoms with van der Waals surface area (Å²) in [6.07, 6.45) is 12.4. The molecule has 1 unspecified atom stereocenters. The van der Waals surface area contributed by atoms with Crippen molar-refractivity contribution >= 4 is 29.3 Å². The lowest BCUT2D eigenvalue weighted by molar-refractivity contribution is -0.133. The summed E-state index contributed by atoms with van der Waals surface area (Å²) >= 11 is 7.92. The molecule has 150 valence electrons. The molecule has 4 nitrogen and oxygen atoms in total. The third-order valence-corrected chi connectivity index (χ3v) is 7.37. The Morgan fingerprint density at radius 1 is 1.23 bits per heavy atom. The van der Waals surface area contributed by atoms with Crippen LogP contribution >= 0.6 is 23.4 Å². The van der Waals surface area contributed by atoms with Crippen LogP contribution in [0, 0.1) is 17.8 Å². The van der Waals surface area contributed by atoms with Gasteiger partial charge in [0.2, 0.25) is 0 Å². The number of aliphatic carboxylic acids is 1. The molecular formula is C20H33ClO4S. The number of carbonyl (C=O) groups is 1. The van der Waals surface area contributed by atoms with E-state index in [1.165, 1.54) is 31.0 Å². The lowest BCUT2D eigenvalue weighted by Gasteiger charge is -2.25. The molecule has 0 heterocycles. The Balaban J connectivity index is 1.78. The molecule has 2 aliphatic carbocycles. The fourth-order valence-electron chi connectivity index (χ4n) is 4.35. The van der Waals surface area contributed by atoms with Gasteiger partial charge in [-0.25, -0.2) is 0 Å². The number of thioether (sulfide) groups is 1. The first kappa shape index (κ1) is 22.1. The fourth-order valence-corrected chi connectivity index (χ4v) is 5.56. The molecule has 0 saturated heterocycles. The number of carboxylic acid groups (broad SMARTS) is 1. The van der Waals surface area contributed by atoms with Gasteiger partial charge in [-0.05, 0) is 49.7 Å². The van der Waals surface area contributed by atoms with E-state index in [9.17, 15) is 15.0 Å². The van der Waals surface area contributed by atoms with Crippen LogP contribution in [0.5, 0.6) is 0 Å². The number of aliphatic hydroxyl groups is 2. The molecule has 6 heteroatoms. The zero-order valence-corrected chi connectivity index (χ0v) is 17.0. The monoisotopic (exact) mass is 404 g/mol. The molecular weight excluding hydrogens is 372 g/mol. The smallest absolute Gasteiger partial charge is 0.313 e. The SMILES string of the molecule is O=C(O)CSCCCCC1[C@H](Cl)C[C@@H](O)[C@@H]1C=C[C@@H](O)C1CCCCC1. The maximum atomic E-state index is 10.5. The second kappa shape index (κ2) is 11.6. The van der Waals surface area contributed by atoms with Gasteiger partial charge in [0.1, 0.15) is 0 Å². The Labute approximate surface area is 166 Å². The first-order valence-corrected chi connectivity index (χ1v) is 11.6. The van der Waals surface area contributed by atoms with Crippen LogP contribution in [0.1, 0.15) is 57.8 Å². The van der Waals surface area contributed by atoms with Crippen molar-refractivity contribution < 1.29 is 20.1 Å². The molecule has 0 aromatic heterocycles. The van der Waals surface area contributed by atoms with Crippen LogP contribution in [0.15, 0.2) is 12.2 Å². The summed E-state index contributed by atoms with van der Waals surface area (Å²) in [4.78, 5) is 10.5. The van der Waals surface area contributed by atoms with Crippen LogP contribution in [0.25, 0.3) is 0 Å². The van der Waals surface area contributed by atoms with Crippen LogP contribution in [-0.4, -0.2) is 50.4 Å². The van der Waals surface area contributed by atoms with Crippen molar-refractivity contribution in [1.29, 1.82) is 0 Å². The van der Waals surface area contributed by atoms with Gasteiger partial charge in [0, 0.05) is 11.3 Å². The summed E-state index contributed by atoms with van der Waals surface area (Å²) in [6.45, 7) is 0. The Morgan fingerprint density at radius 2 is 1.96 bits per heavy atom. The summed E-state index contributed by atoms with van der Waals surface area (Å²) < 4.78 is 0. The van der Waals surface area contributed by atoms with Crippen LogP contribution in [0.3, 0.4) is 0 Å². The Bertz CT molecular complexity index is 453. The number of rotatable bonds is 10. The van der Waals surface area contributed by atoms with E-state index < -0.39 is 18.2 Å². The zero-order chi connectivity index (χ0) is 18.9. The topological polar surface area (TPSA) is 77.8 Å². The molecule has 5 atom stereocenters. The molecule has 2 rings (SSSR count). The summed E-state index contributed by atoms with van der Waals surface area (Å²) in [6, 6.07) is 0. The Hall–Kier alpha value is -0.230.